The van der Waals surface area contributed by atoms with Crippen LogP contribution < -0.4 is 25.4 Å². The summed E-state index contributed by atoms with van der Waals surface area (Å²) in [6, 6.07) is 7.30. The van der Waals surface area contributed by atoms with Crippen LogP contribution in [0.15, 0.2) is 30.5 Å². The number of unbranched alkanes of at least 4 members (excludes halogenated alkanes) is 1. The minimum absolute atomic E-state index is 0.104. The van der Waals surface area contributed by atoms with Gasteiger partial charge < -0.3 is 30.3 Å². The molecule has 0 aliphatic heterocycles. The molecule has 0 bridgehead atoms. The Labute approximate surface area is 229 Å². The summed E-state index contributed by atoms with van der Waals surface area (Å²) in [7, 11) is 6.59. The highest BCUT2D eigenvalue weighted by atomic mass is 16.5. The minimum atomic E-state index is -0.487. The van der Waals surface area contributed by atoms with E-state index in [1.54, 1.807) is 34.4 Å². The topological polar surface area (TPSA) is 131 Å². The van der Waals surface area contributed by atoms with Crippen LogP contribution >= 0.6 is 0 Å². The maximum atomic E-state index is 12.6. The number of carbonyl (C=O) groups excluding carboxylic acids is 2. The van der Waals surface area contributed by atoms with Gasteiger partial charge in [0.15, 0.2) is 5.82 Å². The van der Waals surface area contributed by atoms with Crippen molar-refractivity contribution in [1.29, 1.82) is 0 Å². The van der Waals surface area contributed by atoms with E-state index in [0.29, 0.717) is 53.0 Å². The Morgan fingerprint density at radius 2 is 1.87 bits per heavy atom. The minimum Gasteiger partial charge on any atom is -0.497 e. The van der Waals surface area contributed by atoms with E-state index in [1.807, 2.05) is 25.1 Å². The van der Waals surface area contributed by atoms with E-state index >= 15 is 0 Å². The van der Waals surface area contributed by atoms with Gasteiger partial charge in [0.1, 0.15) is 17.0 Å². The number of nitrogens with one attached hydrogen (secondary N) is 3. The summed E-state index contributed by atoms with van der Waals surface area (Å²) >= 11 is 0. The summed E-state index contributed by atoms with van der Waals surface area (Å²) < 4.78 is 10.8. The van der Waals surface area contributed by atoms with Gasteiger partial charge in [-0.1, -0.05) is 19.8 Å². The zero-order valence-corrected chi connectivity index (χ0v) is 23.8. The van der Waals surface area contributed by atoms with Crippen molar-refractivity contribution in [2.75, 3.05) is 45.5 Å². The normalized spacial score (nSPS) is 12.4. The Balaban J connectivity index is 2.03. The number of anilines is 2. The van der Waals surface area contributed by atoms with E-state index < -0.39 is 5.54 Å². The van der Waals surface area contributed by atoms with E-state index in [1.165, 1.54) is 18.0 Å². The van der Waals surface area contributed by atoms with Crippen molar-refractivity contribution < 1.29 is 19.1 Å². The van der Waals surface area contributed by atoms with Crippen LogP contribution in [0, 0.1) is 0 Å². The van der Waals surface area contributed by atoms with Gasteiger partial charge in [0.05, 0.1) is 30.8 Å². The molecular formula is C28H39N7O4. The molecule has 0 radical (unpaired) electrons. The molecule has 11 nitrogen and oxygen atoms in total. The fourth-order valence-electron chi connectivity index (χ4n) is 4.10. The van der Waals surface area contributed by atoms with Crippen LogP contribution in [0.3, 0.4) is 0 Å². The van der Waals surface area contributed by atoms with Gasteiger partial charge in [-0.15, -0.1) is 0 Å². The summed E-state index contributed by atoms with van der Waals surface area (Å²) in [5, 5.41) is 9.74. The van der Waals surface area contributed by atoms with Crippen molar-refractivity contribution in [1.82, 2.24) is 25.2 Å². The Kier molecular flexibility index (Phi) is 9.86. The predicted molar refractivity (Wildman–Crippen MR) is 152 cm³/mol. The third kappa shape index (κ3) is 7.68. The van der Waals surface area contributed by atoms with E-state index in [4.69, 9.17) is 14.5 Å². The Hall–Kier alpha value is -4.15. The molecule has 0 aliphatic rings. The number of amides is 2. The molecule has 11 heteroatoms. The molecule has 210 valence electrons. The first-order chi connectivity index (χ1) is 18.6. The number of methoxy groups -OCH3 is 2. The maximum Gasteiger partial charge on any atom is 0.254 e. The van der Waals surface area contributed by atoms with Gasteiger partial charge >= 0.3 is 0 Å². The highest BCUT2D eigenvalue weighted by Crippen LogP contribution is 2.28. The van der Waals surface area contributed by atoms with Crippen LogP contribution in [-0.4, -0.2) is 72.1 Å². The Morgan fingerprint density at radius 1 is 1.10 bits per heavy atom. The second-order valence-corrected chi connectivity index (χ2v) is 9.92. The van der Waals surface area contributed by atoms with Gasteiger partial charge in [-0.05, 0) is 31.5 Å². The van der Waals surface area contributed by atoms with Crippen LogP contribution in [0.5, 0.6) is 11.5 Å². The quantitative estimate of drug-likeness (QED) is 0.297. The largest absolute Gasteiger partial charge is 0.497 e. The lowest BCUT2D eigenvalue weighted by Gasteiger charge is -2.32. The van der Waals surface area contributed by atoms with Crippen LogP contribution in [0.2, 0.25) is 0 Å². The summed E-state index contributed by atoms with van der Waals surface area (Å²) in [6.45, 7) is 6.48. The Morgan fingerprint density at radius 3 is 2.51 bits per heavy atom. The monoisotopic (exact) mass is 537 g/mol. The molecule has 0 spiro atoms. The third-order valence-corrected chi connectivity index (χ3v) is 6.35. The Bertz CT molecular complexity index is 1310. The van der Waals surface area contributed by atoms with Crippen LogP contribution in [0.25, 0.3) is 11.0 Å². The number of rotatable bonds is 13. The number of nitrogens with zero attached hydrogens (tertiary/aromatic N) is 4. The van der Waals surface area contributed by atoms with Crippen molar-refractivity contribution >= 4 is 34.6 Å². The summed E-state index contributed by atoms with van der Waals surface area (Å²) in [5.41, 5.74) is 1.88. The standard InChI is InChI=1S/C28H39N7O4/c1-8-9-12-28(3,17-31-18(2)36)34-25-24-22(13-20(16-29-24)26(37)35(4)5)32-27(33-25)30-15-19-10-11-21(38-6)14-23(19)39-7/h10-11,13-14,16H,8-9,12,15,17H2,1-7H3,(H,31,36)(H2,30,32,33,34)/t28-/m1/s1. The van der Waals surface area contributed by atoms with Crippen LogP contribution in [0.4, 0.5) is 11.8 Å². The van der Waals surface area contributed by atoms with Crippen molar-refractivity contribution in [3.63, 3.8) is 0 Å². The predicted octanol–water partition coefficient (Wildman–Crippen LogP) is 3.85. The molecule has 0 unspecified atom stereocenters. The molecule has 39 heavy (non-hydrogen) atoms. The van der Waals surface area contributed by atoms with Crippen molar-refractivity contribution in [2.45, 2.75) is 52.1 Å². The molecule has 1 atom stereocenters. The van der Waals surface area contributed by atoms with E-state index in [-0.39, 0.29) is 11.8 Å². The smallest absolute Gasteiger partial charge is 0.254 e. The fourth-order valence-corrected chi connectivity index (χ4v) is 4.10. The number of pyridine rings is 1. The number of benzene rings is 1. The molecule has 2 heterocycles. The number of carbonyl (C=O) groups is 2. The second kappa shape index (κ2) is 13.1. The van der Waals surface area contributed by atoms with Gasteiger partial charge in [0, 0.05) is 51.9 Å². The van der Waals surface area contributed by atoms with Crippen LogP contribution in [-0.2, 0) is 11.3 Å². The average Bonchev–Trinajstić information content (AvgIpc) is 2.93. The molecule has 0 fully saturated rings. The number of aromatic nitrogens is 3. The van der Waals surface area contributed by atoms with Gasteiger partial charge in [-0.25, -0.2) is 9.97 Å². The van der Waals surface area contributed by atoms with Crippen LogP contribution in [0.1, 0.15) is 56.0 Å². The lowest BCUT2D eigenvalue weighted by atomic mass is 9.94. The number of fused-ring (bicyclic) bond motifs is 1. The van der Waals surface area contributed by atoms with E-state index in [2.05, 4.69) is 32.8 Å². The lowest BCUT2D eigenvalue weighted by Crippen LogP contribution is -2.46. The molecule has 3 rings (SSSR count). The first kappa shape index (κ1) is 29.4. The second-order valence-electron chi connectivity index (χ2n) is 9.92. The maximum absolute atomic E-state index is 12.6. The molecule has 2 amide bonds. The van der Waals surface area contributed by atoms with Gasteiger partial charge in [0.2, 0.25) is 11.9 Å². The van der Waals surface area contributed by atoms with Crippen molar-refractivity contribution in [3.8, 4) is 11.5 Å². The number of hydrogen-bond acceptors (Lipinski definition) is 9. The first-order valence-electron chi connectivity index (χ1n) is 13.0. The number of ether oxygens (including phenoxy) is 2. The molecule has 0 aliphatic carbocycles. The molecule has 0 saturated carbocycles. The number of hydrogen-bond donors (Lipinski definition) is 3. The zero-order chi connectivity index (χ0) is 28.6. The zero-order valence-electron chi connectivity index (χ0n) is 23.8. The highest BCUT2D eigenvalue weighted by molar-refractivity contribution is 5.98. The third-order valence-electron chi connectivity index (χ3n) is 6.35. The average molecular weight is 538 g/mol. The van der Waals surface area contributed by atoms with Crippen molar-refractivity contribution in [3.05, 3.63) is 41.6 Å². The molecule has 3 aromatic rings. The molecule has 2 aromatic heterocycles. The van der Waals surface area contributed by atoms with E-state index in [0.717, 1.165) is 24.8 Å². The fraction of sp³-hybridized carbons (Fsp3) is 0.464. The van der Waals surface area contributed by atoms with E-state index in [9.17, 15) is 9.59 Å². The van der Waals surface area contributed by atoms with Gasteiger partial charge in [-0.2, -0.15) is 4.98 Å². The summed E-state index contributed by atoms with van der Waals surface area (Å²) in [5.74, 6) is 1.96. The molecule has 1 aromatic carbocycles. The molecular weight excluding hydrogens is 498 g/mol. The molecule has 0 saturated heterocycles. The lowest BCUT2D eigenvalue weighted by molar-refractivity contribution is -0.119. The summed E-state index contributed by atoms with van der Waals surface area (Å²) in [6.07, 6.45) is 4.31. The first-order valence-corrected chi connectivity index (χ1v) is 13.0. The SMILES string of the molecule is CCCC[C@](C)(CNC(C)=O)Nc1nc(NCc2ccc(OC)cc2OC)nc2cc(C(=O)N(C)C)cnc12. The highest BCUT2D eigenvalue weighted by Gasteiger charge is 2.26. The summed E-state index contributed by atoms with van der Waals surface area (Å²) in [4.78, 5) is 39.8. The van der Waals surface area contributed by atoms with Gasteiger partial charge in [-0.3, -0.25) is 9.59 Å². The van der Waals surface area contributed by atoms with Crippen molar-refractivity contribution in [2.24, 2.45) is 0 Å². The van der Waals surface area contributed by atoms with Gasteiger partial charge in [0.25, 0.3) is 5.91 Å². The molecule has 3 N–H and O–H groups in total.